The van der Waals surface area contributed by atoms with Gasteiger partial charge >= 0.3 is 0 Å². The first kappa shape index (κ1) is 53.2. The van der Waals surface area contributed by atoms with E-state index in [-0.39, 0.29) is 14.9 Å². The first-order chi connectivity index (χ1) is 37.8. The van der Waals surface area contributed by atoms with Crippen molar-refractivity contribution >= 4 is 87.1 Å². The molecular weight excluding hydrogens is 1060 g/mol. The Kier molecular flexibility index (Phi) is 15.6. The molecule has 0 atom stereocenters. The second-order valence-electron chi connectivity index (χ2n) is 19.7. The number of piperazine rings is 2. The van der Waals surface area contributed by atoms with E-state index in [1.807, 2.05) is 91.0 Å². The second kappa shape index (κ2) is 22.8. The minimum atomic E-state index is -3.90. The van der Waals surface area contributed by atoms with E-state index in [1.54, 1.807) is 72.8 Å². The van der Waals surface area contributed by atoms with Crippen molar-refractivity contribution in [2.45, 2.75) is 9.79 Å². The van der Waals surface area contributed by atoms with E-state index in [2.05, 4.69) is 43.7 Å². The molecule has 6 heterocycles. The van der Waals surface area contributed by atoms with Gasteiger partial charge in [0.1, 0.15) is 29.9 Å². The van der Waals surface area contributed by atoms with Crippen molar-refractivity contribution < 1.29 is 26.3 Å². The number of hydrogen-bond donors (Lipinski definition) is 0. The molecule has 400 valence electrons. The lowest BCUT2D eigenvalue weighted by molar-refractivity contribution is 0.133. The lowest BCUT2D eigenvalue weighted by Crippen LogP contribution is -2.45. The number of rotatable bonds is 14. The van der Waals surface area contributed by atoms with Gasteiger partial charge in [-0.1, -0.05) is 96.0 Å². The van der Waals surface area contributed by atoms with E-state index in [0.29, 0.717) is 46.0 Å². The van der Waals surface area contributed by atoms with Crippen LogP contribution < -0.4 is 9.47 Å². The third-order valence-corrected chi connectivity index (χ3v) is 18.5. The van der Waals surface area contributed by atoms with Crippen LogP contribution in [-0.2, 0) is 20.0 Å². The quantitative estimate of drug-likeness (QED) is 0.0959. The Morgan fingerprint density at radius 2 is 0.923 bits per heavy atom. The first-order valence-corrected chi connectivity index (χ1v) is 29.5. The normalized spacial score (nSPS) is 15.2. The maximum atomic E-state index is 13.7. The van der Waals surface area contributed by atoms with E-state index in [9.17, 15) is 16.8 Å². The molecule has 0 aliphatic carbocycles. The molecule has 0 unspecified atom stereocenters. The Hall–Kier alpha value is -6.86. The molecule has 78 heavy (non-hydrogen) atoms. The zero-order chi connectivity index (χ0) is 54.0. The van der Waals surface area contributed by atoms with Crippen LogP contribution in [0.5, 0.6) is 11.5 Å². The predicted molar refractivity (Wildman–Crippen MR) is 312 cm³/mol. The zero-order valence-corrected chi connectivity index (χ0v) is 46.4. The summed E-state index contributed by atoms with van der Waals surface area (Å²) in [6.45, 7) is 11.8. The fourth-order valence-corrected chi connectivity index (χ4v) is 13.5. The molecule has 2 aliphatic heterocycles. The molecule has 0 saturated carbocycles. The van der Waals surface area contributed by atoms with Crippen LogP contribution in [0.1, 0.15) is 0 Å². The topological polar surface area (TPSA) is 135 Å². The van der Waals surface area contributed by atoms with Crippen LogP contribution in [0.4, 0.5) is 0 Å². The Bertz CT molecular complexity index is 3910. The van der Waals surface area contributed by atoms with Gasteiger partial charge < -0.3 is 19.3 Å². The second-order valence-corrected chi connectivity index (χ2v) is 24.0. The highest BCUT2D eigenvalue weighted by Gasteiger charge is 2.27. The molecular formula is C60H58Cl2N8O6S2. The number of pyridine rings is 2. The minimum Gasteiger partial charge on any atom is -0.492 e. The highest BCUT2D eigenvalue weighted by molar-refractivity contribution is 7.90. The zero-order valence-electron chi connectivity index (χ0n) is 43.3. The number of hydrogen-bond acceptors (Lipinski definition) is 12. The largest absolute Gasteiger partial charge is 0.492 e. The average Bonchev–Trinajstić information content (AvgIpc) is 4.11. The summed E-state index contributed by atoms with van der Waals surface area (Å²) >= 11 is 12.8. The van der Waals surface area contributed by atoms with Gasteiger partial charge in [0, 0.05) is 93.2 Å². The van der Waals surface area contributed by atoms with Crippen molar-refractivity contribution in [3.05, 3.63) is 180 Å². The molecule has 12 rings (SSSR count). The SMILES string of the molecule is CN1CCN(CCOc2ccc(-c3ccc4c(c3)c3c(Cl)ccnc3n4S(=O)(=O)c3ccccc3)cc2)CC1.CN1CCN(CCOc2ccc(-c3ccc4c(c3)c3ccc(Cl)nc3n4S(=O)(=O)c3ccccc3)cc2)CC1. The Morgan fingerprint density at radius 3 is 1.42 bits per heavy atom. The van der Waals surface area contributed by atoms with Crippen molar-refractivity contribution in [1.82, 2.24) is 37.5 Å². The summed E-state index contributed by atoms with van der Waals surface area (Å²) in [4.78, 5) is 18.8. The standard InChI is InChI=1S/2C30H29ClN4O3S/c1-33-15-17-34(18-16-33)19-20-38-24-10-7-22(8-11-24)23-9-13-28-27(21-23)26-12-14-29(31)32-30(26)35(28)39(36,37)25-5-3-2-4-6-25;1-33-15-17-34(18-16-33)19-20-38-24-10-7-22(8-11-24)23-9-12-28-26(21-23)29-27(31)13-14-32-30(29)35(28)39(36,37)25-5-3-2-4-6-25/h2*2-14,21H,15-20H2,1H3. The van der Waals surface area contributed by atoms with Gasteiger partial charge in [-0.25, -0.2) is 34.7 Å². The number of ether oxygens (including phenoxy) is 2. The third kappa shape index (κ3) is 11.1. The molecule has 2 fully saturated rings. The third-order valence-electron chi connectivity index (χ3n) is 14.6. The van der Waals surface area contributed by atoms with Crippen molar-refractivity contribution in [3.8, 4) is 33.8 Å². The number of aromatic nitrogens is 4. The Labute approximate surface area is 464 Å². The Morgan fingerprint density at radius 1 is 0.474 bits per heavy atom. The van der Waals surface area contributed by atoms with Gasteiger partial charge in [0.15, 0.2) is 11.3 Å². The van der Waals surface area contributed by atoms with Crippen LogP contribution in [0.2, 0.25) is 10.2 Å². The van der Waals surface area contributed by atoms with Crippen LogP contribution in [0.3, 0.4) is 0 Å². The highest BCUT2D eigenvalue weighted by Crippen LogP contribution is 2.39. The molecule has 0 spiro atoms. The van der Waals surface area contributed by atoms with Gasteiger partial charge in [-0.3, -0.25) is 9.80 Å². The summed E-state index contributed by atoms with van der Waals surface area (Å²) < 4.78 is 69.3. The summed E-state index contributed by atoms with van der Waals surface area (Å²) in [5.74, 6) is 1.66. The van der Waals surface area contributed by atoms with Crippen molar-refractivity contribution in [2.24, 2.45) is 0 Å². The van der Waals surface area contributed by atoms with E-state index >= 15 is 0 Å². The molecule has 0 amide bonds. The Balaban J connectivity index is 0.000000165. The van der Waals surface area contributed by atoms with Crippen molar-refractivity contribution in [3.63, 3.8) is 0 Å². The molecule has 6 aromatic carbocycles. The van der Waals surface area contributed by atoms with Gasteiger partial charge in [-0.15, -0.1) is 0 Å². The van der Waals surface area contributed by atoms with Crippen LogP contribution in [0, 0.1) is 0 Å². The smallest absolute Gasteiger partial charge is 0.269 e. The summed E-state index contributed by atoms with van der Waals surface area (Å²) in [6.07, 6.45) is 1.53. The molecule has 0 bridgehead atoms. The van der Waals surface area contributed by atoms with Crippen LogP contribution in [-0.4, -0.2) is 147 Å². The van der Waals surface area contributed by atoms with Crippen LogP contribution >= 0.6 is 23.2 Å². The van der Waals surface area contributed by atoms with Crippen LogP contribution in [0.25, 0.3) is 66.1 Å². The number of fused-ring (bicyclic) bond motifs is 6. The monoisotopic (exact) mass is 1120 g/mol. The van der Waals surface area contributed by atoms with Gasteiger partial charge in [-0.2, -0.15) is 0 Å². The fraction of sp³-hybridized carbons (Fsp3) is 0.233. The van der Waals surface area contributed by atoms with Gasteiger partial charge in [0.2, 0.25) is 0 Å². The minimum absolute atomic E-state index is 0.192. The number of likely N-dealkylation sites (N-methyl/N-ethyl adjacent to an activating group) is 2. The average molecular weight is 1120 g/mol. The maximum Gasteiger partial charge on any atom is 0.269 e. The summed E-state index contributed by atoms with van der Waals surface area (Å²) in [5.41, 5.74) is 5.62. The molecule has 10 aromatic rings. The molecule has 14 nitrogen and oxygen atoms in total. The molecule has 0 N–H and O–H groups in total. The van der Waals surface area contributed by atoms with E-state index < -0.39 is 20.0 Å². The number of halogens is 2. The molecule has 2 aliphatic rings. The van der Waals surface area contributed by atoms with Gasteiger partial charge in [0.25, 0.3) is 20.0 Å². The van der Waals surface area contributed by atoms with E-state index in [4.69, 9.17) is 32.7 Å². The van der Waals surface area contributed by atoms with Gasteiger partial charge in [-0.05, 0) is 127 Å². The van der Waals surface area contributed by atoms with Crippen molar-refractivity contribution in [1.29, 1.82) is 0 Å². The number of benzene rings is 6. The van der Waals surface area contributed by atoms with Crippen molar-refractivity contribution in [2.75, 3.05) is 92.8 Å². The fourth-order valence-electron chi connectivity index (χ4n) is 10.1. The first-order valence-electron chi connectivity index (χ1n) is 25.9. The number of nitrogens with zero attached hydrogens (tertiary/aromatic N) is 8. The lowest BCUT2D eigenvalue weighted by Gasteiger charge is -2.32. The molecule has 2 saturated heterocycles. The van der Waals surface area contributed by atoms with E-state index in [1.165, 1.54) is 14.1 Å². The molecule has 0 radical (unpaired) electrons. The molecule has 18 heteroatoms. The maximum absolute atomic E-state index is 13.7. The summed E-state index contributed by atoms with van der Waals surface area (Å²) in [7, 11) is -3.48. The summed E-state index contributed by atoms with van der Waals surface area (Å²) in [6, 6.07) is 49.4. The van der Waals surface area contributed by atoms with Gasteiger partial charge in [0.05, 0.1) is 25.8 Å². The lowest BCUT2D eigenvalue weighted by atomic mass is 10.0. The van der Waals surface area contributed by atoms with Crippen LogP contribution in [0.15, 0.2) is 180 Å². The summed E-state index contributed by atoms with van der Waals surface area (Å²) in [5, 5.41) is 3.54. The highest BCUT2D eigenvalue weighted by atomic mass is 35.5. The molecule has 4 aromatic heterocycles. The van der Waals surface area contributed by atoms with E-state index in [0.717, 1.165) is 115 Å². The predicted octanol–water partition coefficient (Wildman–Crippen LogP) is 10.7.